The molecule has 5 atom stereocenters. The number of aryl methyl sites for hydroxylation is 1. The van der Waals surface area contributed by atoms with E-state index in [1.54, 1.807) is 11.8 Å². The van der Waals surface area contributed by atoms with Crippen molar-refractivity contribution in [2.24, 2.45) is 5.92 Å². The van der Waals surface area contributed by atoms with Crippen molar-refractivity contribution in [3.05, 3.63) is 35.9 Å². The van der Waals surface area contributed by atoms with E-state index in [0.29, 0.717) is 38.5 Å². The molecule has 2 aliphatic rings. The van der Waals surface area contributed by atoms with Crippen LogP contribution in [0, 0.1) is 5.92 Å². The molecule has 1 amide bonds. The van der Waals surface area contributed by atoms with Crippen molar-refractivity contribution >= 4 is 17.8 Å². The Kier molecular flexibility index (Phi) is 11.3. The third kappa shape index (κ3) is 8.47. The highest BCUT2D eigenvalue weighted by Crippen LogP contribution is 2.42. The monoisotopic (exact) mass is 521 g/mol. The minimum absolute atomic E-state index is 0.0287. The molecule has 1 heterocycles. The molecule has 3 rings (SSSR count). The number of rotatable bonds is 15. The number of hydrogen-bond donors (Lipinski definition) is 4. The maximum Gasteiger partial charge on any atom is 0.328 e. The standard InChI is InChI=1S/C26H39N3O8/c1-18(27-21(25(31)32)14-13-19-9-4-2-5-10-19)24(30)28-22-12-8-11-20(22)17-23(28)26(33)36-15-6-3-7-16-37-29(34)35/h2,4-5,9-10,18,20-23,27,34-35H,3,6-8,11-17H2,1H3,(H,31,32). The summed E-state index contributed by atoms with van der Waals surface area (Å²) in [6.45, 7) is 1.99. The number of amides is 1. The van der Waals surface area contributed by atoms with E-state index in [4.69, 9.17) is 15.2 Å². The summed E-state index contributed by atoms with van der Waals surface area (Å²) in [6.07, 6.45) is 6.07. The predicted molar refractivity (Wildman–Crippen MR) is 131 cm³/mol. The highest BCUT2D eigenvalue weighted by atomic mass is 17.1. The molecule has 11 heteroatoms. The second kappa shape index (κ2) is 14.4. The van der Waals surface area contributed by atoms with Crippen LogP contribution in [0.3, 0.4) is 0 Å². The van der Waals surface area contributed by atoms with Crippen LogP contribution in [0.15, 0.2) is 30.3 Å². The van der Waals surface area contributed by atoms with Crippen molar-refractivity contribution < 1.29 is 39.5 Å². The average molecular weight is 522 g/mol. The summed E-state index contributed by atoms with van der Waals surface area (Å²) in [4.78, 5) is 44.5. The number of fused-ring (bicyclic) bond motifs is 1. The summed E-state index contributed by atoms with van der Waals surface area (Å²) in [5.41, 5.74) is 1.03. The van der Waals surface area contributed by atoms with Gasteiger partial charge < -0.3 is 14.7 Å². The molecule has 1 aliphatic carbocycles. The van der Waals surface area contributed by atoms with Crippen LogP contribution in [0.2, 0.25) is 0 Å². The van der Waals surface area contributed by atoms with Crippen molar-refractivity contribution in [3.8, 4) is 0 Å². The number of aliphatic carboxylic acids is 1. The van der Waals surface area contributed by atoms with Crippen molar-refractivity contribution in [2.75, 3.05) is 13.2 Å². The molecular weight excluding hydrogens is 482 g/mol. The van der Waals surface area contributed by atoms with Gasteiger partial charge in [0.15, 0.2) is 0 Å². The number of carbonyl (C=O) groups excluding carboxylic acids is 2. The molecule has 0 spiro atoms. The van der Waals surface area contributed by atoms with Gasteiger partial charge in [0, 0.05) is 6.04 Å². The lowest BCUT2D eigenvalue weighted by atomic mass is 10.0. The third-order valence-corrected chi connectivity index (χ3v) is 7.29. The molecular formula is C26H39N3O8. The van der Waals surface area contributed by atoms with E-state index in [-0.39, 0.29) is 36.5 Å². The van der Waals surface area contributed by atoms with Crippen LogP contribution >= 0.6 is 0 Å². The number of likely N-dealkylation sites (tertiary alicyclic amines) is 1. The Hall–Kier alpha value is -2.57. The lowest BCUT2D eigenvalue weighted by molar-refractivity contribution is -0.492. The SMILES string of the molecule is CC(NC(CCc1ccccc1)C(=O)O)C(=O)N1C(C(=O)OCCCCCON(O)O)CC2CCCC21. The fourth-order valence-electron chi connectivity index (χ4n) is 5.44. The van der Waals surface area contributed by atoms with Gasteiger partial charge in [0.1, 0.15) is 12.1 Å². The van der Waals surface area contributed by atoms with Gasteiger partial charge in [0.25, 0.3) is 0 Å². The number of benzene rings is 1. The van der Waals surface area contributed by atoms with Crippen molar-refractivity contribution in [3.63, 3.8) is 0 Å². The molecule has 37 heavy (non-hydrogen) atoms. The lowest BCUT2D eigenvalue weighted by Gasteiger charge is -2.32. The summed E-state index contributed by atoms with van der Waals surface area (Å²) < 4.78 is 5.49. The van der Waals surface area contributed by atoms with E-state index in [0.717, 1.165) is 24.8 Å². The number of ether oxygens (including phenoxy) is 1. The van der Waals surface area contributed by atoms with Gasteiger partial charge in [-0.25, -0.2) is 4.79 Å². The van der Waals surface area contributed by atoms with Gasteiger partial charge in [-0.2, -0.15) is 0 Å². The van der Waals surface area contributed by atoms with Crippen LogP contribution in [-0.4, -0.2) is 81.0 Å². The zero-order valence-corrected chi connectivity index (χ0v) is 21.3. The average Bonchev–Trinajstić information content (AvgIpc) is 3.47. The molecule has 1 aromatic carbocycles. The zero-order valence-electron chi connectivity index (χ0n) is 21.3. The van der Waals surface area contributed by atoms with Crippen LogP contribution in [0.25, 0.3) is 0 Å². The first-order valence-electron chi connectivity index (χ1n) is 13.1. The summed E-state index contributed by atoms with van der Waals surface area (Å²) in [5, 5.41) is 29.4. The summed E-state index contributed by atoms with van der Waals surface area (Å²) in [7, 11) is 0. The Balaban J connectivity index is 1.54. The number of nitrogens with zero attached hydrogens (tertiary/aromatic N) is 2. The molecule has 0 radical (unpaired) electrons. The van der Waals surface area contributed by atoms with Gasteiger partial charge in [0.05, 0.1) is 24.6 Å². The lowest BCUT2D eigenvalue weighted by Crippen LogP contribution is -2.55. The van der Waals surface area contributed by atoms with E-state index in [1.165, 1.54) is 0 Å². The number of carboxylic acid groups (broad SMARTS) is 1. The second-order valence-electron chi connectivity index (χ2n) is 9.87. The zero-order chi connectivity index (χ0) is 26.8. The molecule has 1 aromatic rings. The summed E-state index contributed by atoms with van der Waals surface area (Å²) in [5.74, 6) is -1.46. The molecule has 0 bridgehead atoms. The largest absolute Gasteiger partial charge is 0.480 e. The Labute approximate surface area is 217 Å². The predicted octanol–water partition coefficient (Wildman–Crippen LogP) is 2.55. The van der Waals surface area contributed by atoms with E-state index in [9.17, 15) is 19.5 Å². The molecule has 11 nitrogen and oxygen atoms in total. The highest BCUT2D eigenvalue weighted by molar-refractivity contribution is 5.89. The van der Waals surface area contributed by atoms with Crippen LogP contribution < -0.4 is 5.32 Å². The molecule has 206 valence electrons. The Morgan fingerprint density at radius 1 is 1.11 bits per heavy atom. The first kappa shape index (κ1) is 29.0. The maximum atomic E-state index is 13.5. The van der Waals surface area contributed by atoms with Gasteiger partial charge in [0.2, 0.25) is 5.91 Å². The van der Waals surface area contributed by atoms with Crippen LogP contribution in [-0.2, 0) is 30.4 Å². The van der Waals surface area contributed by atoms with Crippen LogP contribution in [0.1, 0.15) is 63.9 Å². The van der Waals surface area contributed by atoms with Gasteiger partial charge in [-0.3, -0.25) is 30.2 Å². The molecule has 2 fully saturated rings. The van der Waals surface area contributed by atoms with Crippen molar-refractivity contribution in [2.45, 2.75) is 88.9 Å². The number of carboxylic acids is 1. The number of nitrogens with one attached hydrogen (secondary N) is 1. The van der Waals surface area contributed by atoms with E-state index in [1.807, 2.05) is 30.3 Å². The molecule has 1 saturated heterocycles. The number of carbonyl (C=O) groups is 3. The number of hydrogen-bond acceptors (Lipinski definition) is 9. The van der Waals surface area contributed by atoms with Gasteiger partial charge in [-0.15, -0.1) is 0 Å². The van der Waals surface area contributed by atoms with Crippen molar-refractivity contribution in [1.82, 2.24) is 15.6 Å². The Bertz CT molecular complexity index is 884. The maximum absolute atomic E-state index is 13.5. The van der Waals surface area contributed by atoms with Crippen LogP contribution in [0.4, 0.5) is 0 Å². The quantitative estimate of drug-likeness (QED) is 0.154. The van der Waals surface area contributed by atoms with Crippen LogP contribution in [0.5, 0.6) is 0 Å². The first-order chi connectivity index (χ1) is 17.8. The van der Waals surface area contributed by atoms with E-state index >= 15 is 0 Å². The summed E-state index contributed by atoms with van der Waals surface area (Å²) >= 11 is 0. The highest BCUT2D eigenvalue weighted by Gasteiger charge is 2.50. The van der Waals surface area contributed by atoms with E-state index < -0.39 is 30.1 Å². The van der Waals surface area contributed by atoms with Gasteiger partial charge in [-0.05, 0) is 69.8 Å². The first-order valence-corrected chi connectivity index (χ1v) is 13.1. The Morgan fingerprint density at radius 2 is 1.84 bits per heavy atom. The molecule has 4 N–H and O–H groups in total. The molecule has 5 unspecified atom stereocenters. The van der Waals surface area contributed by atoms with Gasteiger partial charge >= 0.3 is 11.9 Å². The minimum atomic E-state index is -1.01. The topological polar surface area (TPSA) is 149 Å². The minimum Gasteiger partial charge on any atom is -0.480 e. The smallest absolute Gasteiger partial charge is 0.328 e. The van der Waals surface area contributed by atoms with Crippen molar-refractivity contribution in [1.29, 1.82) is 0 Å². The molecule has 1 aliphatic heterocycles. The fraction of sp³-hybridized carbons (Fsp3) is 0.654. The summed E-state index contributed by atoms with van der Waals surface area (Å²) in [6, 6.07) is 7.26. The second-order valence-corrected chi connectivity index (χ2v) is 9.87. The molecule has 1 saturated carbocycles. The Morgan fingerprint density at radius 3 is 2.54 bits per heavy atom. The fourth-order valence-corrected chi connectivity index (χ4v) is 5.44. The number of unbranched alkanes of at least 4 members (excludes halogenated alkanes) is 2. The van der Waals surface area contributed by atoms with E-state index in [2.05, 4.69) is 10.2 Å². The van der Waals surface area contributed by atoms with Gasteiger partial charge in [-0.1, -0.05) is 36.8 Å². The number of esters is 1. The third-order valence-electron chi connectivity index (χ3n) is 7.29. The normalized spacial score (nSPS) is 22.6. The molecule has 0 aromatic heterocycles.